The SMILES string of the molecule is CC(C)OCCCNC(=O)COC(=O)c1ccccc1CN1C(=O)CNC1=O. The molecule has 152 valence electrons. The van der Waals surface area contributed by atoms with E-state index in [1.807, 2.05) is 13.8 Å². The summed E-state index contributed by atoms with van der Waals surface area (Å²) in [6, 6.07) is 5.98. The molecular weight excluding hydrogens is 366 g/mol. The van der Waals surface area contributed by atoms with Gasteiger partial charge in [-0.25, -0.2) is 9.59 Å². The Bertz CT molecular complexity index is 718. The summed E-state index contributed by atoms with van der Waals surface area (Å²) in [6.07, 6.45) is 0.797. The lowest BCUT2D eigenvalue weighted by Gasteiger charge is -2.15. The van der Waals surface area contributed by atoms with Crippen molar-refractivity contribution < 1.29 is 28.7 Å². The summed E-state index contributed by atoms with van der Waals surface area (Å²) in [7, 11) is 0. The lowest BCUT2D eigenvalue weighted by molar-refractivity contribution is -0.125. The number of carbonyl (C=O) groups excluding carboxylic acids is 4. The van der Waals surface area contributed by atoms with Crippen molar-refractivity contribution in [1.82, 2.24) is 15.5 Å². The molecule has 28 heavy (non-hydrogen) atoms. The first-order chi connectivity index (χ1) is 13.4. The van der Waals surface area contributed by atoms with Crippen molar-refractivity contribution in [2.24, 2.45) is 0 Å². The zero-order valence-corrected chi connectivity index (χ0v) is 16.0. The zero-order chi connectivity index (χ0) is 20.5. The van der Waals surface area contributed by atoms with Crippen molar-refractivity contribution in [2.45, 2.75) is 32.9 Å². The van der Waals surface area contributed by atoms with E-state index in [-0.39, 0.29) is 30.7 Å². The van der Waals surface area contributed by atoms with Gasteiger partial charge in [0.25, 0.3) is 5.91 Å². The van der Waals surface area contributed by atoms with E-state index in [0.717, 1.165) is 4.90 Å². The van der Waals surface area contributed by atoms with E-state index in [1.165, 1.54) is 6.07 Å². The molecule has 0 bridgehead atoms. The molecule has 1 aromatic rings. The highest BCUT2D eigenvalue weighted by Gasteiger charge is 2.29. The van der Waals surface area contributed by atoms with Crippen LogP contribution in [0.2, 0.25) is 0 Å². The van der Waals surface area contributed by atoms with Crippen LogP contribution in [-0.4, -0.2) is 61.1 Å². The number of benzene rings is 1. The van der Waals surface area contributed by atoms with Crippen LogP contribution in [0.4, 0.5) is 4.79 Å². The molecule has 0 spiro atoms. The maximum Gasteiger partial charge on any atom is 0.338 e. The Morgan fingerprint density at radius 3 is 2.68 bits per heavy atom. The average Bonchev–Trinajstić information content (AvgIpc) is 2.98. The van der Waals surface area contributed by atoms with Crippen LogP contribution in [0.1, 0.15) is 36.2 Å². The highest BCUT2D eigenvalue weighted by molar-refractivity contribution is 6.02. The molecule has 0 aliphatic carbocycles. The third-order valence-corrected chi connectivity index (χ3v) is 3.93. The highest BCUT2D eigenvalue weighted by Crippen LogP contribution is 2.15. The van der Waals surface area contributed by atoms with Gasteiger partial charge < -0.3 is 20.1 Å². The van der Waals surface area contributed by atoms with Gasteiger partial charge in [-0.2, -0.15) is 0 Å². The summed E-state index contributed by atoms with van der Waals surface area (Å²) in [5.41, 5.74) is 0.664. The van der Waals surface area contributed by atoms with Gasteiger partial charge in [-0.3, -0.25) is 14.5 Å². The molecule has 4 amide bonds. The van der Waals surface area contributed by atoms with Crippen LogP contribution in [0, 0.1) is 0 Å². The van der Waals surface area contributed by atoms with E-state index in [9.17, 15) is 19.2 Å². The number of imide groups is 1. The molecule has 1 aromatic carbocycles. The molecule has 0 atom stereocenters. The van der Waals surface area contributed by atoms with Crippen molar-refractivity contribution >= 4 is 23.8 Å². The van der Waals surface area contributed by atoms with Gasteiger partial charge in [0.05, 0.1) is 24.8 Å². The summed E-state index contributed by atoms with van der Waals surface area (Å²) in [6.45, 7) is 4.30. The fourth-order valence-corrected chi connectivity index (χ4v) is 2.52. The van der Waals surface area contributed by atoms with Crippen molar-refractivity contribution in [1.29, 1.82) is 0 Å². The second-order valence-corrected chi connectivity index (χ2v) is 6.49. The Labute approximate surface area is 163 Å². The predicted octanol–water partition coefficient (Wildman–Crippen LogP) is 0.827. The molecule has 1 saturated heterocycles. The van der Waals surface area contributed by atoms with Gasteiger partial charge in [0, 0.05) is 13.2 Å². The second kappa shape index (κ2) is 10.4. The highest BCUT2D eigenvalue weighted by atomic mass is 16.5. The number of ether oxygens (including phenoxy) is 2. The van der Waals surface area contributed by atoms with Crippen molar-refractivity contribution in [3.63, 3.8) is 0 Å². The standard InChI is InChI=1S/C19H25N3O6/c1-13(2)27-9-5-8-20-16(23)12-28-18(25)15-7-4-3-6-14(15)11-22-17(24)10-21-19(22)26/h3-4,6-7,13H,5,8-12H2,1-2H3,(H,20,23)(H,21,26). The third kappa shape index (κ3) is 6.34. The molecule has 1 aliphatic rings. The lowest BCUT2D eigenvalue weighted by Crippen LogP contribution is -2.32. The Hall–Kier alpha value is -2.94. The Kier molecular flexibility index (Phi) is 7.94. The lowest BCUT2D eigenvalue weighted by atomic mass is 10.1. The molecular formula is C19H25N3O6. The van der Waals surface area contributed by atoms with Crippen LogP contribution < -0.4 is 10.6 Å². The molecule has 0 saturated carbocycles. The number of rotatable bonds is 10. The van der Waals surface area contributed by atoms with Crippen LogP contribution in [0.3, 0.4) is 0 Å². The normalized spacial score (nSPS) is 13.6. The minimum Gasteiger partial charge on any atom is -0.452 e. The summed E-state index contributed by atoms with van der Waals surface area (Å²) < 4.78 is 10.4. The third-order valence-electron chi connectivity index (χ3n) is 3.93. The number of hydrogen-bond donors (Lipinski definition) is 2. The van der Waals surface area contributed by atoms with Gasteiger partial charge in [-0.15, -0.1) is 0 Å². The quantitative estimate of drug-likeness (QED) is 0.347. The smallest absolute Gasteiger partial charge is 0.338 e. The molecule has 0 radical (unpaired) electrons. The Balaban J connectivity index is 1.83. The molecule has 0 aromatic heterocycles. The van der Waals surface area contributed by atoms with Crippen molar-refractivity contribution in [2.75, 3.05) is 26.3 Å². The minimum absolute atomic E-state index is 0.0437. The summed E-state index contributed by atoms with van der Waals surface area (Å²) in [4.78, 5) is 48.6. The van der Waals surface area contributed by atoms with Gasteiger partial charge in [-0.1, -0.05) is 18.2 Å². The van der Waals surface area contributed by atoms with E-state index in [0.29, 0.717) is 25.1 Å². The van der Waals surface area contributed by atoms with Gasteiger partial charge in [0.15, 0.2) is 6.61 Å². The number of carbonyl (C=O) groups is 4. The van der Waals surface area contributed by atoms with Gasteiger partial charge in [0.2, 0.25) is 5.91 Å². The largest absolute Gasteiger partial charge is 0.452 e. The number of hydrogen-bond acceptors (Lipinski definition) is 6. The monoisotopic (exact) mass is 391 g/mol. The molecule has 2 N–H and O–H groups in total. The average molecular weight is 391 g/mol. The molecule has 2 rings (SSSR count). The molecule has 1 heterocycles. The van der Waals surface area contributed by atoms with Gasteiger partial charge >= 0.3 is 12.0 Å². The summed E-state index contributed by atoms with van der Waals surface area (Å²) >= 11 is 0. The number of esters is 1. The minimum atomic E-state index is -0.694. The molecule has 0 unspecified atom stereocenters. The van der Waals surface area contributed by atoms with Crippen molar-refractivity contribution in [3.8, 4) is 0 Å². The van der Waals surface area contributed by atoms with Crippen LogP contribution in [0.15, 0.2) is 24.3 Å². The predicted molar refractivity (Wildman–Crippen MR) is 99.4 cm³/mol. The van der Waals surface area contributed by atoms with Crippen LogP contribution in [0.25, 0.3) is 0 Å². The maximum absolute atomic E-state index is 12.3. The van der Waals surface area contributed by atoms with E-state index in [1.54, 1.807) is 18.2 Å². The van der Waals surface area contributed by atoms with Gasteiger partial charge in [-0.05, 0) is 31.9 Å². The first-order valence-corrected chi connectivity index (χ1v) is 9.10. The Morgan fingerprint density at radius 1 is 1.25 bits per heavy atom. The zero-order valence-electron chi connectivity index (χ0n) is 16.0. The van der Waals surface area contributed by atoms with Crippen LogP contribution in [0.5, 0.6) is 0 Å². The molecule has 1 fully saturated rings. The van der Waals surface area contributed by atoms with E-state index in [4.69, 9.17) is 9.47 Å². The van der Waals surface area contributed by atoms with E-state index in [2.05, 4.69) is 10.6 Å². The number of nitrogens with zero attached hydrogens (tertiary/aromatic N) is 1. The van der Waals surface area contributed by atoms with Crippen molar-refractivity contribution in [3.05, 3.63) is 35.4 Å². The molecule has 9 nitrogen and oxygen atoms in total. The van der Waals surface area contributed by atoms with Gasteiger partial charge in [0.1, 0.15) is 0 Å². The van der Waals surface area contributed by atoms with Crippen LogP contribution >= 0.6 is 0 Å². The second-order valence-electron chi connectivity index (χ2n) is 6.49. The first-order valence-electron chi connectivity index (χ1n) is 9.10. The Morgan fingerprint density at radius 2 is 2.00 bits per heavy atom. The van der Waals surface area contributed by atoms with Crippen LogP contribution in [-0.2, 0) is 25.6 Å². The summed E-state index contributed by atoms with van der Waals surface area (Å²) in [5, 5.41) is 5.07. The number of nitrogens with one attached hydrogen (secondary N) is 2. The molecule has 9 heteroatoms. The number of amides is 4. The topological polar surface area (TPSA) is 114 Å². The van der Waals surface area contributed by atoms with E-state index >= 15 is 0 Å². The fraction of sp³-hybridized carbons (Fsp3) is 0.474. The number of urea groups is 1. The van der Waals surface area contributed by atoms with E-state index < -0.39 is 24.5 Å². The maximum atomic E-state index is 12.3. The summed E-state index contributed by atoms with van der Waals surface area (Å²) in [5.74, 6) is -1.47. The fourth-order valence-electron chi connectivity index (χ4n) is 2.52. The molecule has 1 aliphatic heterocycles. The first kappa shape index (κ1) is 21.4.